The number of nitrogens with one attached hydrogen (secondary N) is 1. The number of pyridine rings is 1. The Bertz CT molecular complexity index is 1630. The molecular formula is C28H24N5O5+. The highest BCUT2D eigenvalue weighted by atomic mass is 16.5. The van der Waals surface area contributed by atoms with Crippen LogP contribution in [-0.4, -0.2) is 73.3 Å². The Hall–Kier alpha value is -4.41. The number of nitrogens with zero attached hydrogens (tertiary/aromatic N) is 4. The summed E-state index contributed by atoms with van der Waals surface area (Å²) in [6, 6.07) is 7.62. The van der Waals surface area contributed by atoms with Crippen molar-refractivity contribution in [2.24, 2.45) is 4.99 Å². The molecule has 10 nitrogen and oxygen atoms in total. The first-order chi connectivity index (χ1) is 18.6. The van der Waals surface area contributed by atoms with E-state index in [0.29, 0.717) is 62.5 Å². The van der Waals surface area contributed by atoms with Crippen LogP contribution in [0.3, 0.4) is 0 Å². The van der Waals surface area contributed by atoms with Crippen LogP contribution < -0.4 is 9.80 Å². The molecule has 1 aromatic carbocycles. The highest BCUT2D eigenvalue weighted by Crippen LogP contribution is 2.46. The van der Waals surface area contributed by atoms with E-state index in [1.54, 1.807) is 24.7 Å². The van der Waals surface area contributed by atoms with Gasteiger partial charge in [0.1, 0.15) is 12.1 Å². The molecule has 3 aromatic rings. The first-order valence-corrected chi connectivity index (χ1v) is 12.6. The molecule has 2 aromatic heterocycles. The first-order valence-electron chi connectivity index (χ1n) is 12.6. The molecule has 4 aliphatic rings. The van der Waals surface area contributed by atoms with Gasteiger partial charge in [-0.15, -0.1) is 0 Å². The summed E-state index contributed by atoms with van der Waals surface area (Å²) in [4.78, 5) is 51.3. The lowest BCUT2D eigenvalue weighted by Gasteiger charge is -2.38. The Morgan fingerprint density at radius 2 is 1.87 bits per heavy atom. The number of hydrogen-bond donors (Lipinski definition) is 1. The number of furan rings is 1. The number of hydrogen-bond acceptors (Lipinski definition) is 7. The summed E-state index contributed by atoms with van der Waals surface area (Å²) in [5.41, 5.74) is 4.37. The summed E-state index contributed by atoms with van der Waals surface area (Å²) in [5.74, 6) is -1.05. The molecule has 38 heavy (non-hydrogen) atoms. The van der Waals surface area contributed by atoms with Crippen LogP contribution in [0.5, 0.6) is 0 Å². The Morgan fingerprint density at radius 3 is 2.74 bits per heavy atom. The van der Waals surface area contributed by atoms with Crippen molar-refractivity contribution < 1.29 is 23.5 Å². The van der Waals surface area contributed by atoms with Crippen LogP contribution in [0.1, 0.15) is 16.7 Å². The number of aromatic nitrogens is 1. The van der Waals surface area contributed by atoms with E-state index in [1.807, 2.05) is 23.1 Å². The van der Waals surface area contributed by atoms with Crippen LogP contribution in [0.4, 0.5) is 10.5 Å². The van der Waals surface area contributed by atoms with E-state index in [1.165, 1.54) is 12.5 Å². The van der Waals surface area contributed by atoms with Gasteiger partial charge in [0.05, 0.1) is 43.4 Å². The number of benzene rings is 1. The number of urea groups is 1. The van der Waals surface area contributed by atoms with Gasteiger partial charge in [0.15, 0.2) is 5.69 Å². The Balaban J connectivity index is 1.45. The van der Waals surface area contributed by atoms with Crippen molar-refractivity contribution in [3.05, 3.63) is 71.4 Å². The zero-order chi connectivity index (χ0) is 25.9. The van der Waals surface area contributed by atoms with Crippen LogP contribution in [0.2, 0.25) is 0 Å². The minimum Gasteiger partial charge on any atom is -0.464 e. The van der Waals surface area contributed by atoms with Gasteiger partial charge in [-0.25, -0.2) is 9.28 Å². The summed E-state index contributed by atoms with van der Waals surface area (Å²) in [7, 11) is 0. The number of carbonyl (C=O) groups excluding carboxylic acids is 3. The number of morpholine rings is 1. The number of fused-ring (bicyclic) bond motifs is 1. The van der Waals surface area contributed by atoms with Gasteiger partial charge in [0, 0.05) is 65.8 Å². The Morgan fingerprint density at radius 1 is 1.03 bits per heavy atom. The zero-order valence-corrected chi connectivity index (χ0v) is 20.5. The van der Waals surface area contributed by atoms with E-state index >= 15 is 0 Å². The quantitative estimate of drug-likeness (QED) is 0.419. The van der Waals surface area contributed by atoms with Crippen LogP contribution >= 0.6 is 0 Å². The molecule has 0 bridgehead atoms. The monoisotopic (exact) mass is 510 g/mol. The van der Waals surface area contributed by atoms with Crippen molar-refractivity contribution in [1.82, 2.24) is 19.7 Å². The number of carbonyl (C=O) groups is 3. The number of rotatable bonds is 2. The lowest BCUT2D eigenvalue weighted by Crippen LogP contribution is -2.61. The molecule has 190 valence electrons. The second kappa shape index (κ2) is 8.57. The number of aliphatic imine (C=N–C) groups is 1. The minimum atomic E-state index is -0.527. The molecule has 0 saturated carbocycles. The van der Waals surface area contributed by atoms with E-state index in [-0.39, 0.29) is 21.7 Å². The molecular weight excluding hydrogens is 486 g/mol. The molecule has 4 aliphatic heterocycles. The molecule has 1 atom stereocenters. The van der Waals surface area contributed by atoms with Gasteiger partial charge >= 0.3 is 6.03 Å². The second-order valence-corrected chi connectivity index (χ2v) is 9.75. The molecule has 6 heterocycles. The second-order valence-electron chi connectivity index (χ2n) is 9.75. The van der Waals surface area contributed by atoms with Gasteiger partial charge in [0.2, 0.25) is 0 Å². The molecule has 10 heteroatoms. The summed E-state index contributed by atoms with van der Waals surface area (Å²) in [6.45, 7) is 3.06. The lowest BCUT2D eigenvalue weighted by molar-refractivity contribution is -0.123. The minimum absolute atomic E-state index is 0.00194. The summed E-state index contributed by atoms with van der Waals surface area (Å²) in [6.07, 6.45) is 8.76. The first kappa shape index (κ1) is 22.8. The lowest BCUT2D eigenvalue weighted by atomic mass is 9.90. The smallest absolute Gasteiger partial charge is 0.424 e. The fraction of sp³-hybridized carbons (Fsp3) is 0.250. The van der Waals surface area contributed by atoms with Crippen molar-refractivity contribution in [2.45, 2.75) is 6.42 Å². The summed E-state index contributed by atoms with van der Waals surface area (Å²) >= 11 is 0. The van der Waals surface area contributed by atoms with E-state index in [0.717, 1.165) is 22.2 Å². The highest BCUT2D eigenvalue weighted by Gasteiger charge is 2.50. The number of imide groups is 1. The maximum absolute atomic E-state index is 14.1. The fourth-order valence-electron chi connectivity index (χ4n) is 6.04. The fourth-order valence-corrected chi connectivity index (χ4v) is 6.04. The molecule has 1 unspecified atom stereocenters. The summed E-state index contributed by atoms with van der Waals surface area (Å²) < 4.78 is 11.2. The third kappa shape index (κ3) is 3.24. The van der Waals surface area contributed by atoms with Gasteiger partial charge in [-0.05, 0) is 12.1 Å². The van der Waals surface area contributed by atoms with Gasteiger partial charge < -0.3 is 9.15 Å². The van der Waals surface area contributed by atoms with E-state index in [9.17, 15) is 14.4 Å². The molecule has 0 aliphatic carbocycles. The summed E-state index contributed by atoms with van der Waals surface area (Å²) in [5, 5.41) is 3.17. The molecule has 1 saturated heterocycles. The van der Waals surface area contributed by atoms with Crippen LogP contribution in [0.25, 0.3) is 22.1 Å². The molecule has 7 rings (SSSR count). The van der Waals surface area contributed by atoms with Crippen molar-refractivity contribution in [2.75, 3.05) is 39.4 Å². The van der Waals surface area contributed by atoms with Crippen molar-refractivity contribution in [3.8, 4) is 0 Å². The average Bonchev–Trinajstić information content (AvgIpc) is 3.64. The molecule has 0 radical (unpaired) electrons. The standard InChI is InChI=1S/C28H23N5O5/c34-26-22(23(27(35)31-26)21-16-30-14-18-5-11-38-25(18)21)20-15-29-6-10-33(28(36)32-7-12-37-13-8-32)9-4-17-2-1-3-19(20)24(17)33/h1-3,5-6,11,14-16H,4,7-10,12-13H2/p+1. The maximum Gasteiger partial charge on any atom is 0.424 e. The van der Waals surface area contributed by atoms with Crippen molar-refractivity contribution >= 4 is 51.9 Å². The van der Waals surface area contributed by atoms with Crippen LogP contribution in [0, 0.1) is 0 Å². The number of amides is 4. The predicted molar refractivity (Wildman–Crippen MR) is 140 cm³/mol. The van der Waals surface area contributed by atoms with E-state index in [2.05, 4.69) is 15.3 Å². The third-order valence-corrected chi connectivity index (χ3v) is 7.78. The van der Waals surface area contributed by atoms with Gasteiger partial charge in [-0.2, -0.15) is 0 Å². The number of ether oxygens (including phenoxy) is 1. The zero-order valence-electron chi connectivity index (χ0n) is 20.5. The van der Waals surface area contributed by atoms with Gasteiger partial charge in [0.25, 0.3) is 11.8 Å². The topological polar surface area (TPSA) is 114 Å². The number of quaternary nitrogens is 1. The molecule has 4 amide bonds. The largest absolute Gasteiger partial charge is 0.464 e. The van der Waals surface area contributed by atoms with Crippen LogP contribution in [0.15, 0.2) is 64.1 Å². The maximum atomic E-state index is 14.1. The van der Waals surface area contributed by atoms with E-state index < -0.39 is 11.8 Å². The molecule has 1 N–H and O–H groups in total. The van der Waals surface area contributed by atoms with Crippen molar-refractivity contribution in [1.29, 1.82) is 0 Å². The number of para-hydroxylation sites is 1. The predicted octanol–water partition coefficient (Wildman–Crippen LogP) is 2.68. The average molecular weight is 511 g/mol. The van der Waals surface area contributed by atoms with E-state index in [4.69, 9.17) is 9.15 Å². The van der Waals surface area contributed by atoms with Gasteiger partial charge in [-0.1, -0.05) is 12.1 Å². The van der Waals surface area contributed by atoms with Crippen LogP contribution in [-0.2, 0) is 20.7 Å². The highest BCUT2D eigenvalue weighted by molar-refractivity contribution is 6.41. The normalized spacial score (nSPS) is 22.8. The SMILES string of the molecule is O=C1NC(=O)C(c2cncc3ccoc23)=C1C1=CN=CC[N+]2(C(=O)N3CCOCC3)CCc3cccc1c32. The third-order valence-electron chi connectivity index (χ3n) is 7.78. The van der Waals surface area contributed by atoms with Gasteiger partial charge in [-0.3, -0.25) is 29.8 Å². The van der Waals surface area contributed by atoms with Crippen molar-refractivity contribution in [3.63, 3.8) is 0 Å². The Labute approximate surface area is 217 Å². The molecule has 1 fully saturated rings. The molecule has 0 spiro atoms. The Kier molecular flexibility index (Phi) is 5.14.